The molecule has 19 heavy (non-hydrogen) atoms. The van der Waals surface area contributed by atoms with Gasteiger partial charge in [-0.3, -0.25) is 14.9 Å². The molecule has 0 bridgehead atoms. The first kappa shape index (κ1) is 14.8. The Kier molecular flexibility index (Phi) is 4.03. The minimum atomic E-state index is -1.29. The summed E-state index contributed by atoms with van der Waals surface area (Å²) in [6.07, 6.45) is -0.151. The van der Waals surface area contributed by atoms with Crippen molar-refractivity contribution in [1.29, 1.82) is 0 Å². The zero-order chi connectivity index (χ0) is 14.8. The number of hydrogen-bond acceptors (Lipinski definition) is 4. The predicted octanol–water partition coefficient (Wildman–Crippen LogP) is 1.94. The summed E-state index contributed by atoms with van der Waals surface area (Å²) < 4.78 is 26.5. The molecular formula is C11H13F2N3O3. The van der Waals surface area contributed by atoms with Crippen LogP contribution in [0.2, 0.25) is 0 Å². The van der Waals surface area contributed by atoms with Crippen molar-refractivity contribution in [2.24, 2.45) is 5.73 Å². The molecule has 0 aliphatic heterocycles. The number of hydrogen-bond donors (Lipinski definition) is 2. The largest absolute Gasteiger partial charge is 0.374 e. The highest BCUT2D eigenvalue weighted by Gasteiger charge is 2.28. The predicted molar refractivity (Wildman–Crippen MR) is 64.5 cm³/mol. The van der Waals surface area contributed by atoms with Crippen LogP contribution < -0.4 is 11.1 Å². The lowest BCUT2D eigenvalue weighted by atomic mass is 9.99. The van der Waals surface area contributed by atoms with E-state index in [0.29, 0.717) is 6.07 Å². The molecule has 0 spiro atoms. The number of carbonyl (C=O) groups is 1. The number of halogens is 2. The van der Waals surface area contributed by atoms with E-state index in [4.69, 9.17) is 5.73 Å². The first-order valence-corrected chi connectivity index (χ1v) is 5.32. The Hall–Kier alpha value is -2.25. The van der Waals surface area contributed by atoms with Gasteiger partial charge in [-0.05, 0) is 13.8 Å². The van der Waals surface area contributed by atoms with Crippen molar-refractivity contribution in [2.45, 2.75) is 25.8 Å². The maximum absolute atomic E-state index is 13.4. The minimum Gasteiger partial charge on any atom is -0.374 e. The molecule has 0 heterocycles. The lowest BCUT2D eigenvalue weighted by molar-refractivity contribution is -0.386. The van der Waals surface area contributed by atoms with Crippen LogP contribution in [0.1, 0.15) is 20.3 Å². The molecule has 1 amide bonds. The second kappa shape index (κ2) is 5.17. The van der Waals surface area contributed by atoms with Gasteiger partial charge in [-0.1, -0.05) is 0 Å². The van der Waals surface area contributed by atoms with Gasteiger partial charge >= 0.3 is 5.69 Å². The van der Waals surface area contributed by atoms with Gasteiger partial charge in [0.2, 0.25) is 11.7 Å². The highest BCUT2D eigenvalue weighted by Crippen LogP contribution is 2.31. The summed E-state index contributed by atoms with van der Waals surface area (Å²) in [4.78, 5) is 20.7. The van der Waals surface area contributed by atoms with Gasteiger partial charge in [0.25, 0.3) is 0 Å². The molecule has 0 fully saturated rings. The van der Waals surface area contributed by atoms with Crippen LogP contribution in [-0.2, 0) is 4.79 Å². The number of nitrogens with zero attached hydrogens (tertiary/aromatic N) is 1. The molecule has 1 rings (SSSR count). The minimum absolute atomic E-state index is 0.151. The lowest BCUT2D eigenvalue weighted by Crippen LogP contribution is -2.36. The fourth-order valence-corrected chi connectivity index (χ4v) is 1.69. The molecule has 0 atom stereocenters. The maximum Gasteiger partial charge on any atom is 0.327 e. The highest BCUT2D eigenvalue weighted by atomic mass is 19.1. The van der Waals surface area contributed by atoms with Crippen molar-refractivity contribution in [3.8, 4) is 0 Å². The van der Waals surface area contributed by atoms with Gasteiger partial charge in [0.15, 0.2) is 0 Å². The van der Waals surface area contributed by atoms with Crippen LogP contribution in [-0.4, -0.2) is 16.4 Å². The molecular weight excluding hydrogens is 260 g/mol. The number of amides is 1. The first-order valence-electron chi connectivity index (χ1n) is 5.32. The average Bonchev–Trinajstić information content (AvgIpc) is 2.10. The zero-order valence-corrected chi connectivity index (χ0v) is 10.4. The van der Waals surface area contributed by atoms with Crippen LogP contribution in [0.5, 0.6) is 0 Å². The third-order valence-electron chi connectivity index (χ3n) is 2.30. The molecule has 0 saturated heterocycles. The summed E-state index contributed by atoms with van der Waals surface area (Å²) in [7, 11) is 0. The fourth-order valence-electron chi connectivity index (χ4n) is 1.69. The van der Waals surface area contributed by atoms with Crippen molar-refractivity contribution in [2.75, 3.05) is 5.32 Å². The Bertz CT molecular complexity index is 532. The number of benzene rings is 1. The van der Waals surface area contributed by atoms with Gasteiger partial charge in [-0.2, -0.15) is 4.39 Å². The van der Waals surface area contributed by atoms with E-state index in [1.54, 1.807) is 0 Å². The monoisotopic (exact) mass is 273 g/mol. The number of rotatable bonds is 5. The Labute approximate surface area is 107 Å². The number of anilines is 1. The third kappa shape index (κ3) is 3.87. The van der Waals surface area contributed by atoms with Crippen LogP contribution in [0.25, 0.3) is 0 Å². The molecule has 3 N–H and O–H groups in total. The quantitative estimate of drug-likeness (QED) is 0.632. The maximum atomic E-state index is 13.4. The van der Waals surface area contributed by atoms with Crippen molar-refractivity contribution in [3.63, 3.8) is 0 Å². The summed E-state index contributed by atoms with van der Waals surface area (Å²) in [6.45, 7) is 3.06. The summed E-state index contributed by atoms with van der Waals surface area (Å²) >= 11 is 0. The molecule has 1 aromatic rings. The van der Waals surface area contributed by atoms with E-state index in [0.717, 1.165) is 6.07 Å². The van der Waals surface area contributed by atoms with E-state index in [1.807, 2.05) is 0 Å². The molecule has 1 aromatic carbocycles. The van der Waals surface area contributed by atoms with Crippen molar-refractivity contribution >= 4 is 17.3 Å². The van der Waals surface area contributed by atoms with Crippen LogP contribution in [0.3, 0.4) is 0 Å². The van der Waals surface area contributed by atoms with Crippen LogP contribution in [0.15, 0.2) is 12.1 Å². The van der Waals surface area contributed by atoms with Crippen LogP contribution >= 0.6 is 0 Å². The summed E-state index contributed by atoms with van der Waals surface area (Å²) in [5.41, 5.74) is 2.84. The molecule has 0 aromatic heterocycles. The molecule has 0 aliphatic rings. The second-order valence-electron chi connectivity index (χ2n) is 4.69. The number of nitrogens with one attached hydrogen (secondary N) is 1. The van der Waals surface area contributed by atoms with Gasteiger partial charge < -0.3 is 11.1 Å². The molecule has 8 heteroatoms. The normalized spacial score (nSPS) is 11.2. The van der Waals surface area contributed by atoms with E-state index >= 15 is 0 Å². The Morgan fingerprint density at radius 2 is 2.05 bits per heavy atom. The number of nitrogens with two attached hydrogens (primary N) is 1. The summed E-state index contributed by atoms with van der Waals surface area (Å²) in [5.74, 6) is -2.89. The van der Waals surface area contributed by atoms with E-state index in [1.165, 1.54) is 13.8 Å². The summed E-state index contributed by atoms with van der Waals surface area (Å²) in [5, 5.41) is 13.3. The topological polar surface area (TPSA) is 98.3 Å². The molecule has 0 radical (unpaired) electrons. The number of carbonyl (C=O) groups excluding carboxylic acids is 1. The van der Waals surface area contributed by atoms with Gasteiger partial charge in [-0.15, -0.1) is 0 Å². The lowest BCUT2D eigenvalue weighted by Gasteiger charge is -2.25. The number of primary amides is 1. The van der Waals surface area contributed by atoms with Crippen LogP contribution in [0, 0.1) is 21.7 Å². The van der Waals surface area contributed by atoms with E-state index < -0.39 is 33.7 Å². The number of nitro benzene ring substituents is 1. The van der Waals surface area contributed by atoms with Crippen LogP contribution in [0.4, 0.5) is 20.2 Å². The smallest absolute Gasteiger partial charge is 0.327 e. The SMILES string of the molecule is CC(C)(CC(N)=O)Nc1cc(F)cc(F)c1[N+](=O)[O-]. The highest BCUT2D eigenvalue weighted by molar-refractivity contribution is 5.76. The molecule has 104 valence electrons. The molecule has 0 aliphatic carbocycles. The summed E-state index contributed by atoms with van der Waals surface area (Å²) in [6, 6.07) is 1.22. The fraction of sp³-hybridized carbons (Fsp3) is 0.364. The molecule has 0 unspecified atom stereocenters. The molecule has 6 nitrogen and oxygen atoms in total. The van der Waals surface area contributed by atoms with Gasteiger partial charge in [0.05, 0.1) is 4.92 Å². The number of nitro groups is 1. The second-order valence-corrected chi connectivity index (χ2v) is 4.69. The zero-order valence-electron chi connectivity index (χ0n) is 10.4. The molecule has 0 saturated carbocycles. The van der Waals surface area contributed by atoms with Crippen molar-refractivity contribution in [1.82, 2.24) is 0 Å². The average molecular weight is 273 g/mol. The Morgan fingerprint density at radius 1 is 1.47 bits per heavy atom. The van der Waals surface area contributed by atoms with Gasteiger partial charge in [0.1, 0.15) is 11.5 Å². The van der Waals surface area contributed by atoms with Gasteiger partial charge in [0, 0.05) is 24.1 Å². The third-order valence-corrected chi connectivity index (χ3v) is 2.30. The Balaban J connectivity index is 3.19. The van der Waals surface area contributed by atoms with E-state index in [9.17, 15) is 23.7 Å². The standard InChI is InChI=1S/C11H13F2N3O3/c1-11(2,5-9(14)17)15-8-4-6(12)3-7(13)10(8)16(18)19/h3-4,15H,5H2,1-2H3,(H2,14,17). The van der Waals surface area contributed by atoms with Crippen molar-refractivity contribution < 1.29 is 18.5 Å². The van der Waals surface area contributed by atoms with Gasteiger partial charge in [-0.25, -0.2) is 4.39 Å². The van der Waals surface area contributed by atoms with E-state index in [-0.39, 0.29) is 12.1 Å². The van der Waals surface area contributed by atoms with Crippen molar-refractivity contribution in [3.05, 3.63) is 33.9 Å². The van der Waals surface area contributed by atoms with E-state index in [2.05, 4.69) is 5.32 Å². The Morgan fingerprint density at radius 3 is 2.53 bits per heavy atom. The first-order chi connectivity index (χ1) is 8.62.